The van der Waals surface area contributed by atoms with Crippen LogP contribution in [0, 0.1) is 5.82 Å². The van der Waals surface area contributed by atoms with Crippen LogP contribution in [0.1, 0.15) is 5.56 Å². The van der Waals surface area contributed by atoms with Crippen LogP contribution in [0.25, 0.3) is 10.9 Å². The minimum Gasteiger partial charge on any atom is -0.493 e. The maximum Gasteiger partial charge on any atom is 0.339 e. The summed E-state index contributed by atoms with van der Waals surface area (Å²) in [5, 5.41) is 0.673. The highest BCUT2D eigenvalue weighted by Gasteiger charge is 2.28. The predicted molar refractivity (Wildman–Crippen MR) is 138 cm³/mol. The third kappa shape index (κ3) is 5.94. The maximum atomic E-state index is 13.8. The lowest BCUT2D eigenvalue weighted by Gasteiger charge is -2.23. The van der Waals surface area contributed by atoms with E-state index in [9.17, 15) is 21.2 Å². The Kier molecular flexibility index (Phi) is 8.26. The van der Waals surface area contributed by atoms with E-state index >= 15 is 0 Å². The fourth-order valence-electron chi connectivity index (χ4n) is 3.76. The van der Waals surface area contributed by atoms with Gasteiger partial charge in [-0.25, -0.2) is 12.8 Å². The molecule has 0 fully saturated rings. The van der Waals surface area contributed by atoms with Gasteiger partial charge in [0.05, 0.1) is 19.2 Å². The topological polar surface area (TPSA) is 112 Å². The van der Waals surface area contributed by atoms with Crippen molar-refractivity contribution in [2.24, 2.45) is 0 Å². The normalized spacial score (nSPS) is 12.1. The molecule has 200 valence electrons. The number of fused-ring (bicyclic) bond motifs is 1. The molecule has 0 atom stereocenters. The van der Waals surface area contributed by atoms with Crippen molar-refractivity contribution in [3.8, 4) is 11.5 Å². The summed E-state index contributed by atoms with van der Waals surface area (Å²) in [5.74, 6) is -0.628. The van der Waals surface area contributed by atoms with Crippen LogP contribution in [-0.4, -0.2) is 53.5 Å². The number of methoxy groups -OCH3 is 2. The molecule has 9 nitrogen and oxygen atoms in total. The van der Waals surface area contributed by atoms with Gasteiger partial charge in [0.1, 0.15) is 15.6 Å². The van der Waals surface area contributed by atoms with E-state index in [1.807, 2.05) is 0 Å². The minimum absolute atomic E-state index is 0.0259. The van der Waals surface area contributed by atoms with Crippen molar-refractivity contribution >= 4 is 31.0 Å². The molecule has 4 rings (SSSR count). The summed E-state index contributed by atoms with van der Waals surface area (Å²) in [7, 11) is -5.56. The zero-order valence-corrected chi connectivity index (χ0v) is 22.2. The molecule has 3 aromatic carbocycles. The van der Waals surface area contributed by atoms with E-state index in [2.05, 4.69) is 4.98 Å². The first-order valence-electron chi connectivity index (χ1n) is 11.4. The molecule has 0 aliphatic heterocycles. The van der Waals surface area contributed by atoms with Crippen LogP contribution in [0.15, 0.2) is 88.8 Å². The van der Waals surface area contributed by atoms with Crippen molar-refractivity contribution < 1.29 is 34.9 Å². The molecule has 12 heteroatoms. The molecular formula is C26H25FN2O7S2. The SMILES string of the molecule is COCCN(Cc1ccc(OC)c(OS(=O)(=O)c2ccc(F)cc2)c1)S(=O)(=O)c1cccc2cccnc12. The number of para-hydroxylation sites is 1. The van der Waals surface area contributed by atoms with Gasteiger partial charge >= 0.3 is 10.1 Å². The van der Waals surface area contributed by atoms with Crippen molar-refractivity contribution in [1.29, 1.82) is 0 Å². The van der Waals surface area contributed by atoms with E-state index in [4.69, 9.17) is 13.7 Å². The first-order valence-corrected chi connectivity index (χ1v) is 14.2. The van der Waals surface area contributed by atoms with Gasteiger partial charge in [0, 0.05) is 31.8 Å². The number of ether oxygens (including phenoxy) is 2. The minimum atomic E-state index is -4.32. The lowest BCUT2D eigenvalue weighted by atomic mass is 10.2. The molecule has 0 N–H and O–H groups in total. The second-order valence-corrected chi connectivity index (χ2v) is 11.6. The van der Waals surface area contributed by atoms with E-state index in [0.29, 0.717) is 16.5 Å². The molecule has 0 amide bonds. The van der Waals surface area contributed by atoms with Gasteiger partial charge < -0.3 is 13.7 Å². The number of nitrogens with zero attached hydrogens (tertiary/aromatic N) is 2. The van der Waals surface area contributed by atoms with Crippen LogP contribution in [0.4, 0.5) is 4.39 Å². The van der Waals surface area contributed by atoms with Crippen LogP contribution in [-0.2, 0) is 31.4 Å². The second kappa shape index (κ2) is 11.4. The molecule has 1 heterocycles. The van der Waals surface area contributed by atoms with Crippen molar-refractivity contribution in [3.63, 3.8) is 0 Å². The summed E-state index contributed by atoms with van der Waals surface area (Å²) in [5.41, 5.74) is 0.768. The molecule has 0 saturated heterocycles. The monoisotopic (exact) mass is 560 g/mol. The molecule has 0 aliphatic rings. The van der Waals surface area contributed by atoms with Gasteiger partial charge in [-0.15, -0.1) is 0 Å². The molecule has 0 bridgehead atoms. The molecule has 38 heavy (non-hydrogen) atoms. The fourth-order valence-corrected chi connectivity index (χ4v) is 6.27. The number of rotatable bonds is 11. The van der Waals surface area contributed by atoms with Crippen molar-refractivity contribution in [1.82, 2.24) is 9.29 Å². The van der Waals surface area contributed by atoms with E-state index in [-0.39, 0.29) is 41.0 Å². The van der Waals surface area contributed by atoms with Gasteiger partial charge in [0.2, 0.25) is 10.0 Å². The third-order valence-electron chi connectivity index (χ3n) is 5.65. The van der Waals surface area contributed by atoms with Gasteiger partial charge in [-0.1, -0.05) is 24.3 Å². The number of sulfonamides is 1. The summed E-state index contributed by atoms with van der Waals surface area (Å²) in [6, 6.07) is 17.0. The average Bonchev–Trinajstić information content (AvgIpc) is 2.90. The first kappa shape index (κ1) is 27.5. The number of pyridine rings is 1. The van der Waals surface area contributed by atoms with Crippen molar-refractivity contribution in [2.75, 3.05) is 27.4 Å². The van der Waals surface area contributed by atoms with Crippen LogP contribution in [0.2, 0.25) is 0 Å². The maximum absolute atomic E-state index is 13.8. The van der Waals surface area contributed by atoms with Crippen LogP contribution in [0.5, 0.6) is 11.5 Å². The van der Waals surface area contributed by atoms with Crippen LogP contribution >= 0.6 is 0 Å². The Balaban J connectivity index is 1.69. The second-order valence-electron chi connectivity index (χ2n) is 8.14. The molecule has 0 spiro atoms. The summed E-state index contributed by atoms with van der Waals surface area (Å²) in [6.07, 6.45) is 1.52. The molecular weight excluding hydrogens is 535 g/mol. The lowest BCUT2D eigenvalue weighted by Crippen LogP contribution is -2.33. The van der Waals surface area contributed by atoms with E-state index < -0.39 is 26.0 Å². The van der Waals surface area contributed by atoms with Gasteiger partial charge in [0.15, 0.2) is 11.5 Å². The highest BCUT2D eigenvalue weighted by molar-refractivity contribution is 7.89. The van der Waals surface area contributed by atoms with E-state index in [0.717, 1.165) is 24.3 Å². The van der Waals surface area contributed by atoms with Crippen LogP contribution < -0.4 is 8.92 Å². The molecule has 0 radical (unpaired) electrons. The smallest absolute Gasteiger partial charge is 0.339 e. The molecule has 0 aliphatic carbocycles. The number of aromatic nitrogens is 1. The lowest BCUT2D eigenvalue weighted by molar-refractivity contribution is 0.177. The number of hydrogen-bond donors (Lipinski definition) is 0. The Hall–Kier alpha value is -3.58. The largest absolute Gasteiger partial charge is 0.493 e. The number of benzene rings is 3. The standard InChI is InChI=1S/C26H25FN2O7S2/c1-34-16-15-29(37(30,31)25-7-3-5-20-6-4-14-28-26(20)25)18-19-8-13-23(35-2)24(17-19)36-38(32,33)22-11-9-21(27)10-12-22/h3-14,17H,15-16,18H2,1-2H3. The van der Waals surface area contributed by atoms with Gasteiger partial charge in [-0.2, -0.15) is 12.7 Å². The zero-order chi connectivity index (χ0) is 27.3. The predicted octanol–water partition coefficient (Wildman–Crippen LogP) is 3.99. The fraction of sp³-hybridized carbons (Fsp3) is 0.192. The average molecular weight is 561 g/mol. The van der Waals surface area contributed by atoms with Crippen molar-refractivity contribution in [2.45, 2.75) is 16.3 Å². The zero-order valence-electron chi connectivity index (χ0n) is 20.6. The molecule has 0 unspecified atom stereocenters. The summed E-state index contributed by atoms with van der Waals surface area (Å²) < 4.78 is 83.3. The molecule has 1 aromatic heterocycles. The Morgan fingerprint density at radius 2 is 1.63 bits per heavy atom. The summed E-state index contributed by atoms with van der Waals surface area (Å²) in [4.78, 5) is 4.05. The number of hydrogen-bond acceptors (Lipinski definition) is 8. The summed E-state index contributed by atoms with van der Waals surface area (Å²) in [6.45, 7) is 0.0277. The van der Waals surface area contributed by atoms with Gasteiger partial charge in [0.25, 0.3) is 0 Å². The number of halogens is 1. The van der Waals surface area contributed by atoms with Crippen molar-refractivity contribution in [3.05, 3.63) is 90.4 Å². The quantitative estimate of drug-likeness (QED) is 0.253. The summed E-state index contributed by atoms with van der Waals surface area (Å²) >= 11 is 0. The Morgan fingerprint density at radius 1 is 0.895 bits per heavy atom. The van der Waals surface area contributed by atoms with Gasteiger partial charge in [-0.3, -0.25) is 4.98 Å². The van der Waals surface area contributed by atoms with Crippen LogP contribution in [0.3, 0.4) is 0 Å². The highest BCUT2D eigenvalue weighted by atomic mass is 32.2. The molecule has 4 aromatic rings. The molecule has 0 saturated carbocycles. The van der Waals surface area contributed by atoms with Gasteiger partial charge in [-0.05, 0) is 54.1 Å². The van der Waals surface area contributed by atoms with E-state index in [1.54, 1.807) is 30.3 Å². The van der Waals surface area contributed by atoms with E-state index in [1.165, 1.54) is 42.9 Å². The highest BCUT2D eigenvalue weighted by Crippen LogP contribution is 2.32. The Labute approximate surface area is 220 Å². The Morgan fingerprint density at radius 3 is 2.34 bits per heavy atom. The third-order valence-corrected chi connectivity index (χ3v) is 8.77. The Bertz CT molecular complexity index is 1640. The first-order chi connectivity index (χ1) is 18.2.